The van der Waals surface area contributed by atoms with Crippen LogP contribution in [0, 0.1) is 12.3 Å². The highest BCUT2D eigenvalue weighted by Crippen LogP contribution is 2.30. The number of para-hydroxylation sites is 1. The summed E-state index contributed by atoms with van der Waals surface area (Å²) in [5, 5.41) is 1.07. The van der Waals surface area contributed by atoms with Crippen molar-refractivity contribution in [2.24, 2.45) is 0 Å². The lowest BCUT2D eigenvalue weighted by Gasteiger charge is -2.37. The zero-order valence-electron chi connectivity index (χ0n) is 17.7. The Morgan fingerprint density at radius 1 is 1.19 bits per heavy atom. The molecule has 0 spiro atoms. The third-order valence-corrected chi connectivity index (χ3v) is 8.18. The summed E-state index contributed by atoms with van der Waals surface area (Å²) in [5.41, 5.74) is 1.36. The van der Waals surface area contributed by atoms with Crippen LogP contribution in [0.25, 0.3) is 10.2 Å². The zero-order valence-corrected chi connectivity index (χ0v) is 19.3. The first-order chi connectivity index (χ1) is 15.4. The molecular formula is C23H24N4O3S2. The molecule has 1 amide bonds. The molecule has 32 heavy (non-hydrogen) atoms. The van der Waals surface area contributed by atoms with Crippen LogP contribution in [0.3, 0.4) is 0 Å². The van der Waals surface area contributed by atoms with Gasteiger partial charge in [-0.2, -0.15) is 4.72 Å². The van der Waals surface area contributed by atoms with Crippen molar-refractivity contribution in [3.05, 3.63) is 59.1 Å². The van der Waals surface area contributed by atoms with Gasteiger partial charge in [-0.15, -0.1) is 17.8 Å². The normalized spacial score (nSPS) is 16.1. The highest BCUT2D eigenvalue weighted by Gasteiger charge is 2.27. The van der Waals surface area contributed by atoms with E-state index >= 15 is 0 Å². The quantitative estimate of drug-likeness (QED) is 0.563. The van der Waals surface area contributed by atoms with Gasteiger partial charge in [0.15, 0.2) is 0 Å². The van der Waals surface area contributed by atoms with Gasteiger partial charge in [0.1, 0.15) is 5.01 Å². The molecule has 1 atom stereocenters. The number of thiazole rings is 1. The van der Waals surface area contributed by atoms with E-state index in [9.17, 15) is 13.2 Å². The average Bonchev–Trinajstić information content (AvgIpc) is 3.26. The number of benzene rings is 2. The molecule has 0 radical (unpaired) electrons. The van der Waals surface area contributed by atoms with Crippen molar-refractivity contribution < 1.29 is 13.2 Å². The van der Waals surface area contributed by atoms with Gasteiger partial charge in [0.2, 0.25) is 10.0 Å². The molecular weight excluding hydrogens is 444 g/mol. The molecule has 4 rings (SSSR count). The number of sulfonamides is 1. The van der Waals surface area contributed by atoms with Gasteiger partial charge in [0, 0.05) is 31.7 Å². The monoisotopic (exact) mass is 468 g/mol. The number of aromatic nitrogens is 1. The number of nitrogens with zero attached hydrogens (tertiary/aromatic N) is 3. The largest absolute Gasteiger partial charge is 0.336 e. The molecule has 2 aromatic carbocycles. The van der Waals surface area contributed by atoms with Crippen LogP contribution in [0.4, 0.5) is 0 Å². The molecule has 1 fully saturated rings. The van der Waals surface area contributed by atoms with Crippen molar-refractivity contribution in [2.75, 3.05) is 32.7 Å². The minimum Gasteiger partial charge on any atom is -0.336 e. The van der Waals surface area contributed by atoms with Crippen LogP contribution in [0.15, 0.2) is 53.4 Å². The lowest BCUT2D eigenvalue weighted by Crippen LogP contribution is -2.49. The number of fused-ring (bicyclic) bond motifs is 1. The van der Waals surface area contributed by atoms with Gasteiger partial charge in [0.05, 0.1) is 27.7 Å². The summed E-state index contributed by atoms with van der Waals surface area (Å²) in [6, 6.07) is 14.3. The van der Waals surface area contributed by atoms with E-state index < -0.39 is 10.0 Å². The predicted molar refractivity (Wildman–Crippen MR) is 126 cm³/mol. The van der Waals surface area contributed by atoms with E-state index in [1.165, 1.54) is 16.8 Å². The van der Waals surface area contributed by atoms with Crippen LogP contribution in [0.1, 0.15) is 28.3 Å². The second-order valence-corrected chi connectivity index (χ2v) is 10.4. The summed E-state index contributed by atoms with van der Waals surface area (Å²) >= 11 is 1.70. The fraction of sp³-hybridized carbons (Fsp3) is 0.304. The van der Waals surface area contributed by atoms with Gasteiger partial charge in [-0.3, -0.25) is 9.69 Å². The fourth-order valence-electron chi connectivity index (χ4n) is 3.74. The summed E-state index contributed by atoms with van der Waals surface area (Å²) < 4.78 is 28.1. The Morgan fingerprint density at radius 2 is 1.94 bits per heavy atom. The Hall–Kier alpha value is -2.77. The van der Waals surface area contributed by atoms with Crippen LogP contribution in [-0.2, 0) is 10.0 Å². The minimum absolute atomic E-state index is 0.0293. The number of nitrogens with one attached hydrogen (secondary N) is 1. The molecule has 1 N–H and O–H groups in total. The summed E-state index contributed by atoms with van der Waals surface area (Å²) in [5.74, 6) is 2.07. The lowest BCUT2D eigenvalue weighted by molar-refractivity contribution is 0.0582. The van der Waals surface area contributed by atoms with Gasteiger partial charge in [-0.05, 0) is 37.3 Å². The van der Waals surface area contributed by atoms with Crippen molar-refractivity contribution in [3.63, 3.8) is 0 Å². The standard InChI is InChI=1S/C23H24N4O3S2/c1-3-11-24-32(29,30)19-8-6-7-18(16-19)23(28)27-14-12-26(13-15-27)17(2)22-25-20-9-4-5-10-21(20)31-22/h1,4-10,16-17,24H,11-15H2,2H3. The van der Waals surface area contributed by atoms with Gasteiger partial charge in [-0.1, -0.05) is 24.1 Å². The molecule has 0 aliphatic carbocycles. The van der Waals surface area contributed by atoms with Crippen LogP contribution in [0.2, 0.25) is 0 Å². The number of carbonyl (C=O) groups is 1. The molecule has 3 aromatic rings. The van der Waals surface area contributed by atoms with Gasteiger partial charge in [-0.25, -0.2) is 13.4 Å². The zero-order chi connectivity index (χ0) is 22.7. The number of hydrogen-bond donors (Lipinski definition) is 1. The predicted octanol–water partition coefficient (Wildman–Crippen LogP) is 2.73. The second kappa shape index (κ2) is 9.38. The smallest absolute Gasteiger partial charge is 0.253 e. The topological polar surface area (TPSA) is 82.6 Å². The van der Waals surface area contributed by atoms with Crippen molar-refractivity contribution in [3.8, 4) is 12.3 Å². The minimum atomic E-state index is -3.75. The highest BCUT2D eigenvalue weighted by molar-refractivity contribution is 7.89. The Labute approximate surface area is 192 Å². The first-order valence-corrected chi connectivity index (χ1v) is 12.6. The molecule has 7 nitrogen and oxygen atoms in total. The number of piperazine rings is 1. The van der Waals surface area contributed by atoms with E-state index in [0.29, 0.717) is 18.7 Å². The van der Waals surface area contributed by atoms with Crippen LogP contribution in [-0.4, -0.2) is 61.8 Å². The van der Waals surface area contributed by atoms with Crippen LogP contribution >= 0.6 is 11.3 Å². The molecule has 1 aromatic heterocycles. The molecule has 2 heterocycles. The van der Waals surface area contributed by atoms with Gasteiger partial charge < -0.3 is 4.90 Å². The Morgan fingerprint density at radius 3 is 2.66 bits per heavy atom. The molecule has 0 saturated carbocycles. The average molecular weight is 469 g/mol. The molecule has 166 valence electrons. The van der Waals surface area contributed by atoms with E-state index in [-0.39, 0.29) is 23.4 Å². The Balaban J connectivity index is 1.41. The number of hydrogen-bond acceptors (Lipinski definition) is 6. The summed E-state index contributed by atoms with van der Waals surface area (Å²) in [6.07, 6.45) is 5.13. The van der Waals surface area contributed by atoms with Gasteiger partial charge >= 0.3 is 0 Å². The van der Waals surface area contributed by atoms with Crippen LogP contribution in [0.5, 0.6) is 0 Å². The molecule has 0 bridgehead atoms. The maximum atomic E-state index is 13.0. The number of terminal acetylenes is 1. The lowest BCUT2D eigenvalue weighted by atomic mass is 10.1. The number of carbonyl (C=O) groups excluding carboxylic acids is 1. The van der Waals surface area contributed by atoms with E-state index in [2.05, 4.69) is 28.5 Å². The maximum absolute atomic E-state index is 13.0. The highest BCUT2D eigenvalue weighted by atomic mass is 32.2. The summed E-state index contributed by atoms with van der Waals surface area (Å²) in [4.78, 5) is 21.9. The van der Waals surface area contributed by atoms with Crippen molar-refractivity contribution >= 4 is 37.5 Å². The SMILES string of the molecule is C#CCNS(=O)(=O)c1cccc(C(=O)N2CCN(C(C)c3nc4ccccc4s3)CC2)c1. The van der Waals surface area contributed by atoms with E-state index in [0.717, 1.165) is 23.6 Å². The van der Waals surface area contributed by atoms with E-state index in [4.69, 9.17) is 11.4 Å². The molecule has 1 aliphatic heterocycles. The summed E-state index contributed by atoms with van der Waals surface area (Å²) in [6.45, 7) is 4.64. The van der Waals surface area contributed by atoms with E-state index in [1.807, 2.05) is 18.2 Å². The maximum Gasteiger partial charge on any atom is 0.253 e. The second-order valence-electron chi connectivity index (χ2n) is 7.58. The number of amides is 1. The molecule has 1 unspecified atom stereocenters. The fourth-order valence-corrected chi connectivity index (χ4v) is 5.77. The van der Waals surface area contributed by atoms with Gasteiger partial charge in [0.25, 0.3) is 5.91 Å². The van der Waals surface area contributed by atoms with E-state index in [1.54, 1.807) is 28.4 Å². The molecule has 1 saturated heterocycles. The Kier molecular flexibility index (Phi) is 6.58. The summed E-state index contributed by atoms with van der Waals surface area (Å²) in [7, 11) is -3.75. The van der Waals surface area contributed by atoms with Crippen LogP contribution < -0.4 is 4.72 Å². The van der Waals surface area contributed by atoms with Crippen molar-refractivity contribution in [1.82, 2.24) is 19.5 Å². The third-order valence-electron chi connectivity index (χ3n) is 5.57. The Bertz CT molecular complexity index is 1240. The number of rotatable bonds is 6. The van der Waals surface area contributed by atoms with Crippen molar-refractivity contribution in [1.29, 1.82) is 0 Å². The first-order valence-electron chi connectivity index (χ1n) is 10.3. The molecule has 1 aliphatic rings. The van der Waals surface area contributed by atoms with Crippen molar-refractivity contribution in [2.45, 2.75) is 17.9 Å². The molecule has 9 heteroatoms. The third kappa shape index (κ3) is 4.69. The first kappa shape index (κ1) is 22.4.